The summed E-state index contributed by atoms with van der Waals surface area (Å²) in [6, 6.07) is 16.3. The van der Waals surface area contributed by atoms with E-state index in [-0.39, 0.29) is 11.8 Å². The first-order chi connectivity index (χ1) is 19.4. The number of aromatic amines is 2. The molecule has 9 heteroatoms. The number of ether oxygens (including phenoxy) is 1. The van der Waals surface area contributed by atoms with Crippen LogP contribution < -0.4 is 10.1 Å². The highest BCUT2D eigenvalue weighted by Crippen LogP contribution is 2.35. The zero-order valence-electron chi connectivity index (χ0n) is 22.2. The topological polar surface area (TPSA) is 109 Å². The van der Waals surface area contributed by atoms with Crippen LogP contribution in [0.1, 0.15) is 20.3 Å². The number of hydrogen-bond donors (Lipinski definition) is 3. The number of pyridine rings is 2. The second kappa shape index (κ2) is 10.3. The van der Waals surface area contributed by atoms with E-state index < -0.39 is 5.82 Å². The number of benzene rings is 2. The van der Waals surface area contributed by atoms with Crippen LogP contribution in [0.15, 0.2) is 73.2 Å². The second-order valence-corrected chi connectivity index (χ2v) is 10.1. The summed E-state index contributed by atoms with van der Waals surface area (Å²) in [6.45, 7) is 4.02. The van der Waals surface area contributed by atoms with Gasteiger partial charge in [-0.1, -0.05) is 19.9 Å². The maximum Gasteiger partial charge on any atom is 0.224 e. The molecule has 4 aromatic heterocycles. The van der Waals surface area contributed by atoms with Crippen molar-refractivity contribution in [1.82, 2.24) is 25.1 Å². The zero-order valence-corrected chi connectivity index (χ0v) is 22.2. The fourth-order valence-electron chi connectivity index (χ4n) is 4.88. The number of anilines is 1. The van der Waals surface area contributed by atoms with Gasteiger partial charge in [-0.25, -0.2) is 4.39 Å². The lowest BCUT2D eigenvalue weighted by Crippen LogP contribution is -2.13. The fraction of sp³-hybridized carbons (Fsp3) is 0.161. The number of methoxy groups -OCH3 is 1. The maximum absolute atomic E-state index is 14.3. The summed E-state index contributed by atoms with van der Waals surface area (Å²) in [4.78, 5) is 24.6. The Balaban J connectivity index is 1.38. The predicted octanol–water partition coefficient (Wildman–Crippen LogP) is 6.97. The first-order valence-electron chi connectivity index (χ1n) is 12.9. The Morgan fingerprint density at radius 1 is 0.950 bits per heavy atom. The van der Waals surface area contributed by atoms with E-state index >= 15 is 0 Å². The molecule has 6 rings (SSSR count). The maximum atomic E-state index is 14.3. The van der Waals surface area contributed by atoms with Crippen LogP contribution in [0, 0.1) is 11.7 Å². The Morgan fingerprint density at radius 3 is 2.62 bits per heavy atom. The van der Waals surface area contributed by atoms with Crippen molar-refractivity contribution in [3.8, 4) is 39.5 Å². The van der Waals surface area contributed by atoms with Gasteiger partial charge in [-0.3, -0.25) is 19.9 Å². The molecule has 3 N–H and O–H groups in total. The third kappa shape index (κ3) is 4.89. The number of rotatable bonds is 7. The monoisotopic (exact) mass is 534 g/mol. The number of carbonyl (C=O) groups excluding carboxylic acids is 1. The molecule has 2 aromatic carbocycles. The fourth-order valence-corrected chi connectivity index (χ4v) is 4.88. The zero-order chi connectivity index (χ0) is 27.8. The average molecular weight is 535 g/mol. The number of carbonyl (C=O) groups is 1. The molecule has 0 aliphatic carbocycles. The van der Waals surface area contributed by atoms with E-state index in [1.54, 1.807) is 24.7 Å². The normalized spacial score (nSPS) is 11.4. The van der Waals surface area contributed by atoms with E-state index in [0.29, 0.717) is 29.1 Å². The van der Waals surface area contributed by atoms with Crippen LogP contribution in [-0.2, 0) is 4.79 Å². The van der Waals surface area contributed by atoms with Crippen molar-refractivity contribution in [2.45, 2.75) is 20.3 Å². The van der Waals surface area contributed by atoms with Crippen molar-refractivity contribution in [2.24, 2.45) is 5.92 Å². The number of hydrogen-bond acceptors (Lipinski definition) is 5. The molecular weight excluding hydrogens is 507 g/mol. The van der Waals surface area contributed by atoms with E-state index in [2.05, 4.69) is 30.5 Å². The Labute approximate surface area is 229 Å². The van der Waals surface area contributed by atoms with Crippen molar-refractivity contribution in [3.05, 3.63) is 79.0 Å². The van der Waals surface area contributed by atoms with Crippen LogP contribution in [0.25, 0.3) is 55.6 Å². The number of amides is 1. The summed E-state index contributed by atoms with van der Waals surface area (Å²) in [5, 5.41) is 12.4. The summed E-state index contributed by atoms with van der Waals surface area (Å²) in [7, 11) is 1.51. The van der Waals surface area contributed by atoms with Gasteiger partial charge in [-0.15, -0.1) is 0 Å². The summed E-state index contributed by atoms with van der Waals surface area (Å²) in [5.41, 5.74) is 6.99. The molecular formula is C31H27FN6O2. The van der Waals surface area contributed by atoms with Gasteiger partial charge in [0.15, 0.2) is 0 Å². The lowest BCUT2D eigenvalue weighted by atomic mass is 10.0. The number of aromatic nitrogens is 5. The molecule has 1 amide bonds. The van der Waals surface area contributed by atoms with Crippen LogP contribution in [0.5, 0.6) is 5.75 Å². The third-order valence-corrected chi connectivity index (χ3v) is 6.70. The van der Waals surface area contributed by atoms with E-state index in [4.69, 9.17) is 4.74 Å². The summed E-state index contributed by atoms with van der Waals surface area (Å²) >= 11 is 0. The van der Waals surface area contributed by atoms with Gasteiger partial charge in [0.25, 0.3) is 0 Å². The summed E-state index contributed by atoms with van der Waals surface area (Å²) < 4.78 is 19.5. The molecule has 0 radical (unpaired) electrons. The highest BCUT2D eigenvalue weighted by atomic mass is 19.1. The van der Waals surface area contributed by atoms with Crippen LogP contribution in [0.3, 0.4) is 0 Å². The van der Waals surface area contributed by atoms with Crippen molar-refractivity contribution < 1.29 is 13.9 Å². The Bertz CT molecular complexity index is 1870. The van der Waals surface area contributed by atoms with Crippen molar-refractivity contribution >= 4 is 33.4 Å². The number of nitrogens with zero attached hydrogens (tertiary/aromatic N) is 3. The van der Waals surface area contributed by atoms with Gasteiger partial charge in [0, 0.05) is 52.3 Å². The largest absolute Gasteiger partial charge is 0.497 e. The molecule has 0 aliphatic rings. The average Bonchev–Trinajstić information content (AvgIpc) is 3.56. The van der Waals surface area contributed by atoms with Gasteiger partial charge in [0.05, 0.1) is 35.9 Å². The molecule has 4 heterocycles. The quantitative estimate of drug-likeness (QED) is 0.205. The highest BCUT2D eigenvalue weighted by Gasteiger charge is 2.16. The van der Waals surface area contributed by atoms with E-state index in [0.717, 1.165) is 44.3 Å². The Morgan fingerprint density at radius 2 is 1.80 bits per heavy atom. The standard InChI is InChI=1S/C31H27FN6O2/c1-17(2)8-29(39)35-22-10-20(15-33-16-22)18-4-5-27-24(12-18)31(38-37-27)28-14-25-26(36-28)6-7-34-30(25)19-9-21(32)13-23(11-19)40-3/h4-7,9-17,36H,8H2,1-3H3,(H,35,39)(H,37,38). The smallest absolute Gasteiger partial charge is 0.224 e. The number of H-pyrrole nitrogens is 2. The minimum atomic E-state index is -0.396. The van der Waals surface area contributed by atoms with Crippen LogP contribution >= 0.6 is 0 Å². The molecule has 6 aromatic rings. The predicted molar refractivity (Wildman–Crippen MR) is 154 cm³/mol. The molecule has 0 unspecified atom stereocenters. The molecule has 8 nitrogen and oxygen atoms in total. The minimum Gasteiger partial charge on any atom is -0.497 e. The molecule has 0 bridgehead atoms. The van der Waals surface area contributed by atoms with E-state index in [9.17, 15) is 9.18 Å². The SMILES string of the molecule is COc1cc(F)cc(-c2nccc3[nH]c(-c4n[nH]c5ccc(-c6cncc(NC(=O)CC(C)C)c6)cc45)cc23)c1. The van der Waals surface area contributed by atoms with Crippen molar-refractivity contribution in [2.75, 3.05) is 12.4 Å². The summed E-state index contributed by atoms with van der Waals surface area (Å²) in [5.74, 6) is 0.262. The first-order valence-corrected chi connectivity index (χ1v) is 12.9. The van der Waals surface area contributed by atoms with Crippen LogP contribution in [0.2, 0.25) is 0 Å². The second-order valence-electron chi connectivity index (χ2n) is 10.1. The lowest BCUT2D eigenvalue weighted by Gasteiger charge is -2.09. The van der Waals surface area contributed by atoms with Gasteiger partial charge in [-0.2, -0.15) is 5.10 Å². The molecule has 0 fully saturated rings. The lowest BCUT2D eigenvalue weighted by molar-refractivity contribution is -0.116. The minimum absolute atomic E-state index is 0.0362. The van der Waals surface area contributed by atoms with Crippen LogP contribution in [0.4, 0.5) is 10.1 Å². The van der Waals surface area contributed by atoms with Crippen molar-refractivity contribution in [3.63, 3.8) is 0 Å². The van der Waals surface area contributed by atoms with E-state index in [1.807, 2.05) is 50.2 Å². The molecule has 0 aliphatic heterocycles. The molecule has 0 saturated carbocycles. The Hall–Kier alpha value is -5.05. The van der Waals surface area contributed by atoms with Crippen molar-refractivity contribution in [1.29, 1.82) is 0 Å². The number of halogens is 1. The molecule has 0 saturated heterocycles. The summed E-state index contributed by atoms with van der Waals surface area (Å²) in [6.07, 6.45) is 5.56. The van der Waals surface area contributed by atoms with Crippen LogP contribution in [-0.4, -0.2) is 38.2 Å². The van der Waals surface area contributed by atoms with Gasteiger partial charge < -0.3 is 15.0 Å². The molecule has 0 atom stereocenters. The van der Waals surface area contributed by atoms with Gasteiger partial charge in [-0.05, 0) is 53.9 Å². The Kier molecular flexibility index (Phi) is 6.47. The molecule has 200 valence electrons. The van der Waals surface area contributed by atoms with E-state index in [1.165, 1.54) is 19.2 Å². The highest BCUT2D eigenvalue weighted by molar-refractivity contribution is 6.01. The van der Waals surface area contributed by atoms with Gasteiger partial charge in [0.2, 0.25) is 5.91 Å². The van der Waals surface area contributed by atoms with Gasteiger partial charge in [0.1, 0.15) is 17.3 Å². The van der Waals surface area contributed by atoms with Gasteiger partial charge >= 0.3 is 0 Å². The third-order valence-electron chi connectivity index (χ3n) is 6.70. The number of nitrogens with one attached hydrogen (secondary N) is 3. The molecule has 40 heavy (non-hydrogen) atoms. The first kappa shape index (κ1) is 25.2. The molecule has 0 spiro atoms. The number of fused-ring (bicyclic) bond motifs is 2.